The average Bonchev–Trinajstić information content (AvgIpc) is 0.754. The molecule has 6 unspecified atom stereocenters. The maximum absolute atomic E-state index is 14.1. The Bertz CT molecular complexity index is 3450. The number of aliphatic hydroxyl groups is 13. The second kappa shape index (κ2) is 52.8. The highest BCUT2D eigenvalue weighted by Crippen LogP contribution is 2.43. The van der Waals surface area contributed by atoms with Gasteiger partial charge in [-0.3, -0.25) is 64.0 Å². The highest BCUT2D eigenvalue weighted by molar-refractivity contribution is 14.1. The normalized spacial score (nSPS) is 13.6. The maximum Gasteiger partial charge on any atom is 0.279 e. The third-order valence-electron chi connectivity index (χ3n) is 15.9. The number of carbonyl (C=O) groups is 9. The summed E-state index contributed by atoms with van der Waals surface area (Å²) < 4.78 is 24.4. The summed E-state index contributed by atoms with van der Waals surface area (Å²) >= 11 is 15.4. The summed E-state index contributed by atoms with van der Waals surface area (Å²) in [7, 11) is 0. The van der Waals surface area contributed by atoms with Crippen molar-refractivity contribution in [1.29, 1.82) is 0 Å². The number of hydrogen-bond acceptors (Lipinski definition) is 30. The average molecular weight is 2620 g/mol. The van der Waals surface area contributed by atoms with Crippen molar-refractivity contribution in [2.45, 2.75) is 83.1 Å². The molecule has 0 aliphatic carbocycles. The molecule has 3 aromatic carbocycles. The minimum absolute atomic E-state index is 0.0243. The summed E-state index contributed by atoms with van der Waals surface area (Å²) in [5, 5.41) is 183. The molecule has 0 saturated carbocycles. The van der Waals surface area contributed by atoms with Crippen LogP contribution in [0.2, 0.25) is 0 Å². The molecule has 3 aromatic rings. The number of nitrogens with zero attached hydrogens (tertiary/aromatic N) is 7. The third kappa shape index (κ3) is 30.6. The number of carbonyl (C=O) groups excluding carboxylic acids is 9. The molecule has 6 atom stereocenters. The number of rotatable bonds is 50. The van der Waals surface area contributed by atoms with E-state index >= 15 is 0 Å². The van der Waals surface area contributed by atoms with Gasteiger partial charge in [0.05, 0.1) is 226 Å². The van der Waals surface area contributed by atoms with Gasteiger partial charge in [-0.25, -0.2) is 20.3 Å². The van der Waals surface area contributed by atoms with E-state index in [9.17, 15) is 130 Å². The fraction of sp³-hybridized carbons (Fsp3) is 0.585. The maximum atomic E-state index is 14.1. The van der Waals surface area contributed by atoms with E-state index in [-0.39, 0.29) is 129 Å². The van der Waals surface area contributed by atoms with Gasteiger partial charge >= 0.3 is 0 Å². The van der Waals surface area contributed by atoms with Crippen LogP contribution in [-0.2, 0) is 33.3 Å². The fourth-order valence-electron chi connectivity index (χ4n) is 10.2. The predicted octanol–water partition coefficient (Wildman–Crippen LogP) is 0.0970. The standard InChI is InChI=1S/C65H90I9N9O30/c1-32(91)77(56-50(69)41(59(100)75-16-35(94)21-88)47(66)42(51(56)70)60(101)76-17-36(95)22-89)18-37(96)24-110-28-65(31-113-27-40(99)23-90,29-111-25-38(97)19-78(33(2)92)57-52(71)43(61(102)80(106)8-4-12-84)48(67)44(53(57)72)62(103)81(107)9-5-13-85)30-112-26-39(98)20-79(34(3)93)58-54(73)45(63(104)82(108)10-6-14-86)49(68)46(55(58)74)64(105)83(109)11-7-15-87/h35-40,84-90,94-99,106-109H,4-31H2,1-3H3,(H,75,100)(H,76,101). The lowest BCUT2D eigenvalue weighted by Gasteiger charge is -2.35. The van der Waals surface area contributed by atoms with E-state index < -0.39 is 253 Å². The van der Waals surface area contributed by atoms with Crippen LogP contribution in [-0.4, -0.2) is 355 Å². The first kappa shape index (κ1) is 106. The van der Waals surface area contributed by atoms with Crippen LogP contribution in [0.4, 0.5) is 17.1 Å². The van der Waals surface area contributed by atoms with Crippen molar-refractivity contribution in [2.24, 2.45) is 5.41 Å². The molecule has 0 fully saturated rings. The first-order valence-corrected chi connectivity index (χ1v) is 43.6. The number of hydroxylamine groups is 8. The van der Waals surface area contributed by atoms with Gasteiger partial charge in [0.1, 0.15) is 6.10 Å². The molecule has 0 radical (unpaired) electrons. The van der Waals surface area contributed by atoms with Crippen molar-refractivity contribution in [3.8, 4) is 0 Å². The Balaban J connectivity index is 2.34. The van der Waals surface area contributed by atoms with Crippen LogP contribution in [0.3, 0.4) is 0 Å². The van der Waals surface area contributed by atoms with Crippen LogP contribution in [0.15, 0.2) is 0 Å². The first-order valence-electron chi connectivity index (χ1n) is 33.9. The van der Waals surface area contributed by atoms with Crippen LogP contribution in [0, 0.1) is 37.5 Å². The van der Waals surface area contributed by atoms with E-state index in [0.717, 1.165) is 35.5 Å². The van der Waals surface area contributed by atoms with Crippen LogP contribution < -0.4 is 25.3 Å². The largest absolute Gasteiger partial charge is 0.396 e. The molecule has 48 heteroatoms. The molecular formula is C65H90I9N9O30. The number of halogens is 9. The summed E-state index contributed by atoms with van der Waals surface area (Å²) in [6.07, 6.45) is -9.88. The molecule has 113 heavy (non-hydrogen) atoms. The minimum atomic E-state index is -1.78. The molecule has 0 aliphatic heterocycles. The second-order valence-electron chi connectivity index (χ2n) is 25.0. The second-order valence-corrected chi connectivity index (χ2v) is 34.7. The molecular weight excluding hydrogens is 2530 g/mol. The molecule has 0 aliphatic rings. The lowest BCUT2D eigenvalue weighted by molar-refractivity contribution is -0.132. The van der Waals surface area contributed by atoms with Crippen LogP contribution in [0.5, 0.6) is 0 Å². The number of nitrogens with one attached hydrogen (secondary N) is 2. The molecule has 0 saturated heterocycles. The van der Waals surface area contributed by atoms with E-state index in [1.807, 2.05) is 0 Å². The Morgan fingerprint density at radius 2 is 0.549 bits per heavy atom. The number of hydrogen-bond donors (Lipinski definition) is 19. The molecule has 9 amide bonds. The molecule has 0 aromatic heterocycles. The molecule has 3 rings (SSSR count). The van der Waals surface area contributed by atoms with E-state index in [4.69, 9.17) is 18.9 Å². The van der Waals surface area contributed by atoms with Crippen molar-refractivity contribution in [2.75, 3.05) is 173 Å². The zero-order chi connectivity index (χ0) is 85.6. The highest BCUT2D eigenvalue weighted by Gasteiger charge is 2.40. The van der Waals surface area contributed by atoms with Crippen molar-refractivity contribution < 1.29 is 149 Å². The molecule has 0 heterocycles. The monoisotopic (exact) mass is 2620 g/mol. The molecule has 19 N–H and O–H groups in total. The number of benzene rings is 3. The van der Waals surface area contributed by atoms with E-state index in [2.05, 4.69) is 10.6 Å². The summed E-state index contributed by atoms with van der Waals surface area (Å²) in [5.74, 6) is -8.49. The van der Waals surface area contributed by atoms with Crippen LogP contribution in [0.25, 0.3) is 0 Å². The van der Waals surface area contributed by atoms with Gasteiger partial charge in [-0.05, 0) is 229 Å². The zero-order valence-corrected chi connectivity index (χ0v) is 80.1. The lowest BCUT2D eigenvalue weighted by atomic mass is 9.92. The van der Waals surface area contributed by atoms with E-state index in [1.165, 1.54) is 0 Å². The SMILES string of the molecule is CC(=O)N(CC(O)COCC(COCC(O)CO)(COCC(O)CN(C(C)=O)c1c(I)c(C(=O)N(O)CCCO)c(I)c(C(=O)N(O)CCCO)c1I)COCC(O)CN(C(C)=O)c1c(I)c(C(=O)N(O)CCCO)c(I)c(C(=O)N(O)CCCO)c1I)c1c(I)c(C(=O)NCC(O)CO)c(I)c(C(=O)NCC(O)CO)c1I. The fourth-order valence-corrected chi connectivity index (χ4v) is 24.3. The van der Waals surface area contributed by atoms with Crippen molar-refractivity contribution in [1.82, 2.24) is 30.9 Å². The summed E-state index contributed by atoms with van der Waals surface area (Å²) in [4.78, 5) is 129. The van der Waals surface area contributed by atoms with Gasteiger partial charge < -0.3 is 111 Å². The van der Waals surface area contributed by atoms with Crippen LogP contribution >= 0.6 is 203 Å². The summed E-state index contributed by atoms with van der Waals surface area (Å²) in [6, 6.07) is 0. The Labute approximate surface area is 771 Å². The van der Waals surface area contributed by atoms with Gasteiger partial charge in [-0.1, -0.05) is 0 Å². The van der Waals surface area contributed by atoms with Crippen molar-refractivity contribution in [3.63, 3.8) is 0 Å². The van der Waals surface area contributed by atoms with Gasteiger partial charge in [0, 0.05) is 71.0 Å². The molecule has 638 valence electrons. The van der Waals surface area contributed by atoms with Gasteiger partial charge in [0.15, 0.2) is 0 Å². The van der Waals surface area contributed by atoms with Crippen molar-refractivity contribution >= 4 is 274 Å². The Morgan fingerprint density at radius 1 is 0.336 bits per heavy atom. The van der Waals surface area contributed by atoms with E-state index in [1.54, 1.807) is 203 Å². The van der Waals surface area contributed by atoms with Gasteiger partial charge in [0.2, 0.25) is 17.7 Å². The highest BCUT2D eigenvalue weighted by atomic mass is 127. The van der Waals surface area contributed by atoms with E-state index in [0.29, 0.717) is 0 Å². The quantitative estimate of drug-likeness (QED) is 0.0202. The van der Waals surface area contributed by atoms with Crippen LogP contribution in [0.1, 0.15) is 109 Å². The predicted molar refractivity (Wildman–Crippen MR) is 474 cm³/mol. The topological polar surface area (TPSA) is 581 Å². The number of ether oxygens (including phenoxy) is 4. The summed E-state index contributed by atoms with van der Waals surface area (Å²) in [6.45, 7) is -10.6. The Kier molecular flexibility index (Phi) is 49.5. The third-order valence-corrected chi connectivity index (χ3v) is 25.4. The van der Waals surface area contributed by atoms with Crippen molar-refractivity contribution in [3.05, 3.63) is 65.5 Å². The smallest absolute Gasteiger partial charge is 0.279 e. The summed E-state index contributed by atoms with van der Waals surface area (Å²) in [5.41, 5.74) is -3.91. The number of aliphatic hydroxyl groups excluding tert-OH is 13. The lowest BCUT2D eigenvalue weighted by Crippen LogP contribution is -2.46. The molecule has 39 nitrogen and oxygen atoms in total. The number of amides is 9. The van der Waals surface area contributed by atoms with Gasteiger partial charge in [-0.2, -0.15) is 0 Å². The minimum Gasteiger partial charge on any atom is -0.396 e. The van der Waals surface area contributed by atoms with Gasteiger partial charge in [-0.15, -0.1) is 0 Å². The Morgan fingerprint density at radius 3 is 0.761 bits per heavy atom. The molecule has 0 spiro atoms. The zero-order valence-electron chi connectivity index (χ0n) is 60.7. The number of anilines is 3. The van der Waals surface area contributed by atoms with Gasteiger partial charge in [0.25, 0.3) is 35.4 Å². The molecule has 0 bridgehead atoms. The first-order chi connectivity index (χ1) is 53.2. The Hall–Kier alpha value is -1.38.